The zero-order valence-corrected chi connectivity index (χ0v) is 6.75. The van der Waals surface area contributed by atoms with Gasteiger partial charge in [-0.15, -0.1) is 0 Å². The minimum absolute atomic E-state index is 0.115. The van der Waals surface area contributed by atoms with Crippen LogP contribution in [0.2, 0.25) is 0 Å². The van der Waals surface area contributed by atoms with Gasteiger partial charge in [0.25, 0.3) is 0 Å². The molecule has 0 radical (unpaired) electrons. The van der Waals surface area contributed by atoms with E-state index in [1.165, 1.54) is 0 Å². The Balaban J connectivity index is 2.16. The van der Waals surface area contributed by atoms with E-state index < -0.39 is 0 Å². The van der Waals surface area contributed by atoms with Gasteiger partial charge < -0.3 is 10.5 Å². The van der Waals surface area contributed by atoms with Crippen LogP contribution >= 0.6 is 0 Å². The molecular weight excluding hydrogens is 154 g/mol. The normalized spacial score (nSPS) is 9.75. The highest BCUT2D eigenvalue weighted by molar-refractivity contribution is 5.40. The predicted molar refractivity (Wildman–Crippen MR) is 48.3 cm³/mol. The van der Waals surface area contributed by atoms with Crippen molar-refractivity contribution in [3.63, 3.8) is 0 Å². The third-order valence-electron chi connectivity index (χ3n) is 1.31. The fraction of sp³-hybridized carbons (Fsp3) is 0.250. The van der Waals surface area contributed by atoms with Crippen LogP contribution in [0.25, 0.3) is 0 Å². The predicted octanol–water partition coefficient (Wildman–Crippen LogP) is 0.1000. The third-order valence-corrected chi connectivity index (χ3v) is 1.31. The van der Waals surface area contributed by atoms with Crippen molar-refractivity contribution in [2.75, 3.05) is 18.6 Å². The molecule has 0 fully saturated rings. The molecule has 1 aromatic carbocycles. The molecule has 0 aromatic heterocycles. The maximum absolute atomic E-state index is 8.43. The summed E-state index contributed by atoms with van der Waals surface area (Å²) in [6.45, 7) is 0.628. The number of anilines is 1. The molecule has 1 rings (SSSR count). The Morgan fingerprint density at radius 1 is 1.17 bits per heavy atom. The molecule has 1 aromatic rings. The molecule has 0 aliphatic rings. The molecule has 4 nitrogen and oxygen atoms in total. The number of hydrazine groups is 2. The second-order valence-corrected chi connectivity index (χ2v) is 2.27. The molecule has 4 N–H and O–H groups in total. The van der Waals surface area contributed by atoms with Crippen LogP contribution in [-0.4, -0.2) is 18.3 Å². The molecule has 0 saturated carbocycles. The van der Waals surface area contributed by atoms with Gasteiger partial charge in [0.2, 0.25) is 0 Å². The van der Waals surface area contributed by atoms with E-state index in [0.29, 0.717) is 6.54 Å². The number of aliphatic hydroxyl groups is 1. The molecular formula is C8H13N3O. The summed E-state index contributed by atoms with van der Waals surface area (Å²) in [6.07, 6.45) is 0. The van der Waals surface area contributed by atoms with Crippen molar-refractivity contribution in [3.8, 4) is 0 Å². The van der Waals surface area contributed by atoms with Crippen molar-refractivity contribution in [2.24, 2.45) is 0 Å². The molecule has 0 heterocycles. The van der Waals surface area contributed by atoms with E-state index in [-0.39, 0.29) is 6.61 Å². The lowest BCUT2D eigenvalue weighted by Gasteiger charge is -2.07. The van der Waals surface area contributed by atoms with Crippen molar-refractivity contribution < 1.29 is 5.11 Å². The fourth-order valence-corrected chi connectivity index (χ4v) is 0.756. The van der Waals surface area contributed by atoms with Crippen molar-refractivity contribution in [1.82, 2.24) is 11.0 Å². The molecule has 0 bridgehead atoms. The van der Waals surface area contributed by atoms with Crippen molar-refractivity contribution in [2.45, 2.75) is 0 Å². The quantitative estimate of drug-likeness (QED) is 0.371. The van der Waals surface area contributed by atoms with Gasteiger partial charge in [-0.2, -0.15) is 5.53 Å². The number of hydrogen-bond donors (Lipinski definition) is 4. The highest BCUT2D eigenvalue weighted by Crippen LogP contribution is 2.01. The van der Waals surface area contributed by atoms with Crippen LogP contribution in [0.5, 0.6) is 0 Å². The number of rotatable bonds is 5. The molecule has 0 aliphatic heterocycles. The van der Waals surface area contributed by atoms with Crippen LogP contribution in [0.1, 0.15) is 0 Å². The zero-order chi connectivity index (χ0) is 8.65. The highest BCUT2D eigenvalue weighted by Gasteiger charge is 1.85. The molecule has 66 valence electrons. The number of nitrogens with one attached hydrogen (secondary N) is 3. The molecule has 0 saturated heterocycles. The van der Waals surface area contributed by atoms with Crippen molar-refractivity contribution in [1.29, 1.82) is 0 Å². The van der Waals surface area contributed by atoms with Crippen molar-refractivity contribution >= 4 is 5.69 Å². The van der Waals surface area contributed by atoms with E-state index in [4.69, 9.17) is 5.11 Å². The standard InChI is InChI=1S/C8H13N3O/c12-7-6-9-11-10-8-4-2-1-3-5-8/h1-5,9-12H,6-7H2. The van der Waals surface area contributed by atoms with E-state index in [0.717, 1.165) is 5.69 Å². The Bertz CT molecular complexity index is 203. The van der Waals surface area contributed by atoms with Gasteiger partial charge >= 0.3 is 0 Å². The molecule has 0 spiro atoms. The highest BCUT2D eigenvalue weighted by atomic mass is 16.3. The minimum Gasteiger partial charge on any atom is -0.395 e. The fourth-order valence-electron chi connectivity index (χ4n) is 0.756. The van der Waals surface area contributed by atoms with Gasteiger partial charge in [0.1, 0.15) is 0 Å². The van der Waals surface area contributed by atoms with Crippen LogP contribution in [0.4, 0.5) is 5.69 Å². The van der Waals surface area contributed by atoms with Crippen LogP contribution in [0.15, 0.2) is 30.3 Å². The zero-order valence-electron chi connectivity index (χ0n) is 6.75. The molecule has 4 heteroatoms. The largest absolute Gasteiger partial charge is 0.395 e. The summed E-state index contributed by atoms with van der Waals surface area (Å²) in [5.74, 6) is 0. The first-order valence-corrected chi connectivity index (χ1v) is 3.83. The summed E-state index contributed by atoms with van der Waals surface area (Å²) in [6, 6.07) is 9.71. The number of hydrogen-bond acceptors (Lipinski definition) is 4. The number of benzene rings is 1. The van der Waals surface area contributed by atoms with E-state index in [2.05, 4.69) is 16.4 Å². The summed E-state index contributed by atoms with van der Waals surface area (Å²) in [7, 11) is 0. The van der Waals surface area contributed by atoms with Gasteiger partial charge in [0.05, 0.1) is 12.3 Å². The van der Waals surface area contributed by atoms with Crippen LogP contribution in [-0.2, 0) is 0 Å². The molecule has 0 aliphatic carbocycles. The lowest BCUT2D eigenvalue weighted by atomic mass is 10.3. The molecule has 0 atom stereocenters. The Kier molecular flexibility index (Phi) is 4.15. The lowest BCUT2D eigenvalue weighted by molar-refractivity contribution is 0.286. The molecule has 12 heavy (non-hydrogen) atoms. The van der Waals surface area contributed by atoms with Gasteiger partial charge in [-0.05, 0) is 12.1 Å². The maximum atomic E-state index is 8.43. The lowest BCUT2D eigenvalue weighted by Crippen LogP contribution is -2.38. The summed E-state index contributed by atoms with van der Waals surface area (Å²) >= 11 is 0. The summed E-state index contributed by atoms with van der Waals surface area (Å²) in [5.41, 5.74) is 9.40. The number of para-hydroxylation sites is 1. The SMILES string of the molecule is OCCNNNc1ccccc1. The first-order chi connectivity index (χ1) is 5.93. The van der Waals surface area contributed by atoms with Gasteiger partial charge in [0, 0.05) is 6.54 Å². The van der Waals surface area contributed by atoms with Gasteiger partial charge in [-0.3, -0.25) is 0 Å². The van der Waals surface area contributed by atoms with Crippen molar-refractivity contribution in [3.05, 3.63) is 30.3 Å². The van der Waals surface area contributed by atoms with E-state index >= 15 is 0 Å². The van der Waals surface area contributed by atoms with Gasteiger partial charge in [-0.1, -0.05) is 18.2 Å². The first kappa shape index (κ1) is 8.99. The van der Waals surface area contributed by atoms with Crippen LogP contribution < -0.4 is 16.4 Å². The van der Waals surface area contributed by atoms with E-state index in [1.54, 1.807) is 0 Å². The minimum atomic E-state index is 0.115. The van der Waals surface area contributed by atoms with Gasteiger partial charge in [0.15, 0.2) is 0 Å². The second kappa shape index (κ2) is 5.54. The summed E-state index contributed by atoms with van der Waals surface area (Å²) in [5, 5.41) is 8.43. The van der Waals surface area contributed by atoms with Crippen LogP contribution in [0, 0.1) is 0 Å². The molecule has 0 amide bonds. The number of aliphatic hydroxyl groups excluding tert-OH is 1. The van der Waals surface area contributed by atoms with Gasteiger partial charge in [-0.25, -0.2) is 5.43 Å². The average Bonchev–Trinajstić information content (AvgIpc) is 2.14. The first-order valence-electron chi connectivity index (χ1n) is 3.83. The van der Waals surface area contributed by atoms with E-state index in [9.17, 15) is 0 Å². The Morgan fingerprint density at radius 3 is 2.58 bits per heavy atom. The smallest absolute Gasteiger partial charge is 0.0570 e. The summed E-state index contributed by atoms with van der Waals surface area (Å²) < 4.78 is 0. The maximum Gasteiger partial charge on any atom is 0.0570 e. The Labute approximate surface area is 71.5 Å². The van der Waals surface area contributed by atoms with E-state index in [1.807, 2.05) is 30.3 Å². The summed E-state index contributed by atoms with van der Waals surface area (Å²) in [4.78, 5) is 0. The third kappa shape index (κ3) is 3.34. The van der Waals surface area contributed by atoms with Crippen LogP contribution in [0.3, 0.4) is 0 Å². The average molecular weight is 167 g/mol. The Morgan fingerprint density at radius 2 is 1.92 bits per heavy atom. The molecule has 0 unspecified atom stereocenters. The Hall–Kier alpha value is -1.10. The monoisotopic (exact) mass is 167 g/mol. The topological polar surface area (TPSA) is 56.3 Å². The second-order valence-electron chi connectivity index (χ2n) is 2.27.